The van der Waals surface area contributed by atoms with Gasteiger partial charge in [0.15, 0.2) is 11.5 Å². The molecular formula is C22H21NO4S. The average Bonchev–Trinajstić information content (AvgIpc) is 3.27. The van der Waals surface area contributed by atoms with E-state index in [0.29, 0.717) is 34.0 Å². The SMILES string of the molecule is COc1ccc(CN(C)C(=O)c2ccccc2C(=O)c2cccs2)cc1OC. The minimum absolute atomic E-state index is 0.140. The van der Waals surface area contributed by atoms with Crippen LogP contribution in [0.2, 0.25) is 0 Å². The third-order valence-electron chi connectivity index (χ3n) is 4.36. The molecule has 1 aromatic heterocycles. The molecule has 2 aromatic carbocycles. The van der Waals surface area contributed by atoms with Crippen LogP contribution < -0.4 is 9.47 Å². The second-order valence-electron chi connectivity index (χ2n) is 6.20. The molecule has 0 atom stereocenters. The van der Waals surface area contributed by atoms with Crippen LogP contribution in [0.25, 0.3) is 0 Å². The van der Waals surface area contributed by atoms with Gasteiger partial charge in [-0.05, 0) is 35.2 Å². The number of ketones is 1. The van der Waals surface area contributed by atoms with Crippen LogP contribution in [-0.4, -0.2) is 37.9 Å². The quantitative estimate of drug-likeness (QED) is 0.561. The lowest BCUT2D eigenvalue weighted by Gasteiger charge is -2.19. The fraction of sp³-hybridized carbons (Fsp3) is 0.182. The Bertz CT molecular complexity index is 982. The Labute approximate surface area is 168 Å². The number of carbonyl (C=O) groups is 2. The van der Waals surface area contributed by atoms with Gasteiger partial charge in [-0.1, -0.05) is 30.3 Å². The maximum atomic E-state index is 13.0. The Morgan fingerprint density at radius 2 is 1.64 bits per heavy atom. The standard InChI is InChI=1S/C22H21NO4S/c1-23(14-15-10-11-18(26-2)19(13-15)27-3)22(25)17-8-5-4-7-16(17)21(24)20-9-6-12-28-20/h4-13H,14H2,1-3H3. The highest BCUT2D eigenvalue weighted by atomic mass is 32.1. The Kier molecular flexibility index (Phi) is 6.11. The molecule has 1 amide bonds. The van der Waals surface area contributed by atoms with Crippen molar-refractivity contribution in [2.75, 3.05) is 21.3 Å². The number of nitrogens with zero attached hydrogens (tertiary/aromatic N) is 1. The van der Waals surface area contributed by atoms with Gasteiger partial charge in [0.2, 0.25) is 5.78 Å². The van der Waals surface area contributed by atoms with E-state index < -0.39 is 0 Å². The summed E-state index contributed by atoms with van der Waals surface area (Å²) in [6.07, 6.45) is 0. The molecule has 3 rings (SSSR count). The summed E-state index contributed by atoms with van der Waals surface area (Å²) < 4.78 is 10.6. The van der Waals surface area contributed by atoms with Crippen LogP contribution in [0.15, 0.2) is 60.0 Å². The molecule has 5 nitrogen and oxygen atoms in total. The van der Waals surface area contributed by atoms with Crippen LogP contribution in [0.3, 0.4) is 0 Å². The van der Waals surface area contributed by atoms with Crippen molar-refractivity contribution in [3.05, 3.63) is 81.5 Å². The zero-order valence-corrected chi connectivity index (χ0v) is 16.8. The highest BCUT2D eigenvalue weighted by Gasteiger charge is 2.21. The monoisotopic (exact) mass is 395 g/mol. The number of hydrogen-bond acceptors (Lipinski definition) is 5. The highest BCUT2D eigenvalue weighted by molar-refractivity contribution is 7.12. The molecule has 144 valence electrons. The van der Waals surface area contributed by atoms with Gasteiger partial charge in [0.05, 0.1) is 24.7 Å². The van der Waals surface area contributed by atoms with Crippen molar-refractivity contribution in [3.63, 3.8) is 0 Å². The third-order valence-corrected chi connectivity index (χ3v) is 5.23. The summed E-state index contributed by atoms with van der Waals surface area (Å²) in [4.78, 5) is 28.0. The minimum atomic E-state index is -0.213. The van der Waals surface area contributed by atoms with E-state index in [2.05, 4.69) is 0 Å². The first kappa shape index (κ1) is 19.6. The molecule has 0 saturated heterocycles. The lowest BCUT2D eigenvalue weighted by molar-refractivity contribution is 0.0780. The number of rotatable bonds is 7. The smallest absolute Gasteiger partial charge is 0.254 e. The van der Waals surface area contributed by atoms with Crippen LogP contribution in [0.4, 0.5) is 0 Å². The summed E-state index contributed by atoms with van der Waals surface area (Å²) in [7, 11) is 4.86. The molecule has 0 N–H and O–H groups in total. The van der Waals surface area contributed by atoms with E-state index in [-0.39, 0.29) is 11.7 Å². The fourth-order valence-corrected chi connectivity index (χ4v) is 3.62. The first-order valence-electron chi connectivity index (χ1n) is 8.68. The van der Waals surface area contributed by atoms with Gasteiger partial charge in [-0.15, -0.1) is 11.3 Å². The van der Waals surface area contributed by atoms with Gasteiger partial charge in [-0.25, -0.2) is 0 Å². The van der Waals surface area contributed by atoms with Crippen molar-refractivity contribution >= 4 is 23.0 Å². The number of thiophene rings is 1. The lowest BCUT2D eigenvalue weighted by atomic mass is 10.0. The molecule has 0 saturated carbocycles. The van der Waals surface area contributed by atoms with E-state index in [1.165, 1.54) is 11.3 Å². The zero-order valence-electron chi connectivity index (χ0n) is 16.0. The molecule has 0 aliphatic rings. The second-order valence-corrected chi connectivity index (χ2v) is 7.15. The molecular weight excluding hydrogens is 374 g/mol. The summed E-state index contributed by atoms with van der Waals surface area (Å²) in [5.74, 6) is 0.884. The van der Waals surface area contributed by atoms with Gasteiger partial charge in [0.1, 0.15) is 0 Å². The number of amides is 1. The number of benzene rings is 2. The first-order valence-corrected chi connectivity index (χ1v) is 9.56. The van der Waals surface area contributed by atoms with Gasteiger partial charge >= 0.3 is 0 Å². The van der Waals surface area contributed by atoms with E-state index in [0.717, 1.165) is 5.56 Å². The van der Waals surface area contributed by atoms with Crippen LogP contribution in [0.1, 0.15) is 31.2 Å². The molecule has 0 radical (unpaired) electrons. The molecule has 0 fully saturated rings. The van der Waals surface area contributed by atoms with Crippen molar-refractivity contribution in [2.45, 2.75) is 6.54 Å². The third kappa shape index (κ3) is 4.07. The molecule has 6 heteroatoms. The lowest BCUT2D eigenvalue weighted by Crippen LogP contribution is -2.27. The molecule has 0 aliphatic carbocycles. The van der Waals surface area contributed by atoms with E-state index >= 15 is 0 Å². The van der Waals surface area contributed by atoms with Gasteiger partial charge in [-0.3, -0.25) is 9.59 Å². The van der Waals surface area contributed by atoms with Gasteiger partial charge in [0.25, 0.3) is 5.91 Å². The van der Waals surface area contributed by atoms with E-state index in [1.54, 1.807) is 62.6 Å². The maximum absolute atomic E-state index is 13.0. The number of ether oxygens (including phenoxy) is 2. The van der Waals surface area contributed by atoms with Crippen molar-refractivity contribution < 1.29 is 19.1 Å². The fourth-order valence-electron chi connectivity index (χ4n) is 2.94. The summed E-state index contributed by atoms with van der Waals surface area (Å²) in [6.45, 7) is 0.376. The van der Waals surface area contributed by atoms with Crippen LogP contribution in [0.5, 0.6) is 11.5 Å². The molecule has 0 bridgehead atoms. The predicted octanol–water partition coefficient (Wildman–Crippen LogP) is 4.27. The van der Waals surface area contributed by atoms with E-state index in [4.69, 9.17) is 9.47 Å². The molecule has 0 aliphatic heterocycles. The van der Waals surface area contributed by atoms with Crippen molar-refractivity contribution in [3.8, 4) is 11.5 Å². The highest BCUT2D eigenvalue weighted by Crippen LogP contribution is 2.28. The second kappa shape index (κ2) is 8.71. The normalized spacial score (nSPS) is 10.4. The van der Waals surface area contributed by atoms with Crippen molar-refractivity contribution in [2.24, 2.45) is 0 Å². The summed E-state index contributed by atoms with van der Waals surface area (Å²) in [6, 6.07) is 16.0. The number of methoxy groups -OCH3 is 2. The zero-order chi connectivity index (χ0) is 20.1. The number of hydrogen-bond donors (Lipinski definition) is 0. The Balaban J connectivity index is 1.84. The molecule has 0 spiro atoms. The van der Waals surface area contributed by atoms with Crippen LogP contribution >= 0.6 is 11.3 Å². The van der Waals surface area contributed by atoms with Gasteiger partial charge in [0, 0.05) is 19.2 Å². The first-order chi connectivity index (χ1) is 13.5. The largest absolute Gasteiger partial charge is 0.493 e. The molecule has 3 aromatic rings. The summed E-state index contributed by atoms with van der Waals surface area (Å²) in [5, 5.41) is 1.85. The Hall–Kier alpha value is -3.12. The molecule has 28 heavy (non-hydrogen) atoms. The Morgan fingerprint density at radius 3 is 2.29 bits per heavy atom. The minimum Gasteiger partial charge on any atom is -0.493 e. The van der Waals surface area contributed by atoms with Gasteiger partial charge < -0.3 is 14.4 Å². The average molecular weight is 395 g/mol. The maximum Gasteiger partial charge on any atom is 0.254 e. The van der Waals surface area contributed by atoms with Crippen LogP contribution in [-0.2, 0) is 6.54 Å². The van der Waals surface area contributed by atoms with Crippen LogP contribution in [0, 0.1) is 0 Å². The van der Waals surface area contributed by atoms with Gasteiger partial charge in [-0.2, -0.15) is 0 Å². The van der Waals surface area contributed by atoms with E-state index in [9.17, 15) is 9.59 Å². The summed E-state index contributed by atoms with van der Waals surface area (Å²) in [5.41, 5.74) is 1.70. The Morgan fingerprint density at radius 1 is 0.929 bits per heavy atom. The summed E-state index contributed by atoms with van der Waals surface area (Å²) >= 11 is 1.36. The predicted molar refractivity (Wildman–Crippen MR) is 110 cm³/mol. The van der Waals surface area contributed by atoms with E-state index in [1.807, 2.05) is 23.6 Å². The number of carbonyl (C=O) groups excluding carboxylic acids is 2. The van der Waals surface area contributed by atoms with Crippen molar-refractivity contribution in [1.82, 2.24) is 4.90 Å². The molecule has 1 heterocycles. The topological polar surface area (TPSA) is 55.8 Å². The van der Waals surface area contributed by atoms with Crippen molar-refractivity contribution in [1.29, 1.82) is 0 Å². The molecule has 0 unspecified atom stereocenters.